The van der Waals surface area contributed by atoms with Crippen LogP contribution in [-0.2, 0) is 14.8 Å². The van der Waals surface area contributed by atoms with E-state index < -0.39 is 16.1 Å². The fourth-order valence-corrected chi connectivity index (χ4v) is 5.81. The highest BCUT2D eigenvalue weighted by Crippen LogP contribution is 2.33. The van der Waals surface area contributed by atoms with Crippen molar-refractivity contribution in [3.8, 4) is 0 Å². The summed E-state index contributed by atoms with van der Waals surface area (Å²) < 4.78 is 26.4. The summed E-state index contributed by atoms with van der Waals surface area (Å²) in [6.07, 6.45) is 7.51. The van der Waals surface area contributed by atoms with E-state index in [0.29, 0.717) is 25.9 Å². The number of likely N-dealkylation sites (N-methyl/N-ethyl adjacent to an activating group) is 1. The van der Waals surface area contributed by atoms with Gasteiger partial charge in [-0.2, -0.15) is 4.31 Å². The molecule has 0 aromatic rings. The molecule has 1 unspecified atom stereocenters. The average molecular weight is 360 g/mol. The predicted octanol–water partition coefficient (Wildman–Crippen LogP) is 1.57. The fraction of sp³-hybridized carbons (Fsp3) is 0.941. The maximum absolute atomic E-state index is 12.7. The van der Waals surface area contributed by atoms with Crippen LogP contribution < -0.4 is 5.32 Å². The van der Waals surface area contributed by atoms with E-state index in [1.165, 1.54) is 17.1 Å². The number of nitrogens with zero attached hydrogens (tertiary/aromatic N) is 2. The zero-order valence-electron chi connectivity index (χ0n) is 15.4. The van der Waals surface area contributed by atoms with Gasteiger partial charge in [0.1, 0.15) is 6.04 Å². The Hall–Kier alpha value is -0.660. The van der Waals surface area contributed by atoms with E-state index in [-0.39, 0.29) is 17.2 Å². The van der Waals surface area contributed by atoms with Crippen molar-refractivity contribution in [3.63, 3.8) is 0 Å². The third kappa shape index (κ3) is 4.29. The summed E-state index contributed by atoms with van der Waals surface area (Å²) in [5, 5.41) is 3.07. The maximum atomic E-state index is 12.7. The second kappa shape index (κ2) is 8.15. The summed E-state index contributed by atoms with van der Waals surface area (Å²) >= 11 is 0. The van der Waals surface area contributed by atoms with Crippen molar-refractivity contribution in [2.75, 3.05) is 32.9 Å². The van der Waals surface area contributed by atoms with Crippen molar-refractivity contribution in [3.05, 3.63) is 0 Å². The first-order chi connectivity index (χ1) is 11.3. The highest BCUT2D eigenvalue weighted by atomic mass is 32.2. The lowest BCUT2D eigenvalue weighted by molar-refractivity contribution is -0.126. The lowest BCUT2D eigenvalue weighted by Crippen LogP contribution is -2.56. The van der Waals surface area contributed by atoms with Gasteiger partial charge in [-0.25, -0.2) is 8.42 Å². The van der Waals surface area contributed by atoms with Gasteiger partial charge in [-0.3, -0.25) is 4.79 Å². The number of amides is 1. The molecular formula is C17H33N3O3S. The Kier molecular flexibility index (Phi) is 6.67. The summed E-state index contributed by atoms with van der Waals surface area (Å²) in [5.41, 5.74) is 0.0252. The van der Waals surface area contributed by atoms with E-state index in [2.05, 4.69) is 24.3 Å². The number of nitrogens with one attached hydrogen (secondary N) is 1. The molecule has 1 aliphatic carbocycles. The van der Waals surface area contributed by atoms with Crippen molar-refractivity contribution in [1.29, 1.82) is 0 Å². The molecule has 0 aromatic heterocycles. The van der Waals surface area contributed by atoms with E-state index >= 15 is 0 Å². The van der Waals surface area contributed by atoms with Gasteiger partial charge in [-0.05, 0) is 46.2 Å². The molecule has 2 rings (SSSR count). The summed E-state index contributed by atoms with van der Waals surface area (Å²) in [5.74, 6) is 0.000746. The lowest BCUT2D eigenvalue weighted by Gasteiger charge is -2.38. The number of rotatable bonds is 7. The number of hydrogen-bond acceptors (Lipinski definition) is 4. The van der Waals surface area contributed by atoms with Gasteiger partial charge < -0.3 is 10.2 Å². The molecule has 0 radical (unpaired) electrons. The van der Waals surface area contributed by atoms with Crippen molar-refractivity contribution >= 4 is 15.9 Å². The number of carbonyl (C=O) groups is 1. The minimum absolute atomic E-state index is 0.0252. The summed E-state index contributed by atoms with van der Waals surface area (Å²) in [6.45, 7) is 2.94. The van der Waals surface area contributed by atoms with Gasteiger partial charge in [-0.15, -0.1) is 0 Å². The van der Waals surface area contributed by atoms with Crippen molar-refractivity contribution in [1.82, 2.24) is 14.5 Å². The van der Waals surface area contributed by atoms with Crippen LogP contribution in [-0.4, -0.2) is 68.0 Å². The molecule has 1 atom stereocenters. The Morgan fingerprint density at radius 1 is 1.21 bits per heavy atom. The number of carbonyl (C=O) groups excluding carboxylic acids is 1. The van der Waals surface area contributed by atoms with Crippen LogP contribution in [0, 0.1) is 0 Å². The van der Waals surface area contributed by atoms with Gasteiger partial charge in [-0.1, -0.05) is 26.2 Å². The first-order valence-corrected chi connectivity index (χ1v) is 10.9. The molecule has 140 valence electrons. The van der Waals surface area contributed by atoms with Gasteiger partial charge in [0.2, 0.25) is 15.9 Å². The third-order valence-corrected chi connectivity index (χ3v) is 7.73. The topological polar surface area (TPSA) is 69.7 Å². The summed E-state index contributed by atoms with van der Waals surface area (Å²) in [6, 6.07) is -0.532. The first-order valence-electron chi connectivity index (χ1n) is 9.27. The van der Waals surface area contributed by atoms with Gasteiger partial charge in [0.25, 0.3) is 0 Å². The van der Waals surface area contributed by atoms with Crippen molar-refractivity contribution < 1.29 is 13.2 Å². The van der Waals surface area contributed by atoms with Gasteiger partial charge in [0.05, 0.1) is 5.75 Å². The number of piperidine rings is 1. The Morgan fingerprint density at radius 3 is 2.46 bits per heavy atom. The van der Waals surface area contributed by atoms with E-state index in [9.17, 15) is 13.2 Å². The van der Waals surface area contributed by atoms with Crippen molar-refractivity contribution in [2.24, 2.45) is 0 Å². The Morgan fingerprint density at radius 2 is 1.88 bits per heavy atom. The zero-order chi connectivity index (χ0) is 17.8. The molecule has 0 bridgehead atoms. The summed E-state index contributed by atoms with van der Waals surface area (Å²) in [4.78, 5) is 15.0. The molecule has 6 nitrogen and oxygen atoms in total. The van der Waals surface area contributed by atoms with E-state index in [1.54, 1.807) is 0 Å². The average Bonchev–Trinajstić information content (AvgIpc) is 3.03. The molecule has 1 aliphatic heterocycles. The second-order valence-corrected chi connectivity index (χ2v) is 9.52. The molecule has 1 amide bonds. The second-order valence-electron chi connectivity index (χ2n) is 7.48. The standard InChI is InChI=1S/C17H33N3O3S/c1-4-13-24(22,23)20-12-8-5-9-15(20)16(21)18-14-17(19(2)3)10-6-7-11-17/h15H,4-14H2,1-3H3,(H,18,21). The molecule has 1 saturated carbocycles. The van der Waals surface area contributed by atoms with Crippen LogP contribution in [0.3, 0.4) is 0 Å². The highest BCUT2D eigenvalue weighted by Gasteiger charge is 2.39. The van der Waals surface area contributed by atoms with Crippen molar-refractivity contribution in [2.45, 2.75) is 69.9 Å². The largest absolute Gasteiger partial charge is 0.353 e. The van der Waals surface area contributed by atoms with Gasteiger partial charge >= 0.3 is 0 Å². The molecule has 7 heteroatoms. The molecule has 1 N–H and O–H groups in total. The van der Waals surface area contributed by atoms with E-state index in [4.69, 9.17) is 0 Å². The SMILES string of the molecule is CCCS(=O)(=O)N1CCCCC1C(=O)NCC1(N(C)C)CCCC1. The molecule has 0 aromatic carbocycles. The van der Waals surface area contributed by atoms with Crippen LogP contribution in [0.15, 0.2) is 0 Å². The van der Waals surface area contributed by atoms with Gasteiger partial charge in [0, 0.05) is 18.6 Å². The fourth-order valence-electron chi connectivity index (χ4n) is 4.06. The highest BCUT2D eigenvalue weighted by molar-refractivity contribution is 7.89. The Labute approximate surface area is 147 Å². The van der Waals surface area contributed by atoms with Crippen LogP contribution in [0.25, 0.3) is 0 Å². The van der Waals surface area contributed by atoms with Gasteiger partial charge in [0.15, 0.2) is 0 Å². The molecule has 24 heavy (non-hydrogen) atoms. The van der Waals surface area contributed by atoms with E-state index in [1.807, 2.05) is 6.92 Å². The Bertz CT molecular complexity index is 527. The lowest BCUT2D eigenvalue weighted by atomic mass is 9.95. The van der Waals surface area contributed by atoms with E-state index in [0.717, 1.165) is 25.7 Å². The minimum atomic E-state index is -3.33. The Balaban J connectivity index is 2.04. The van der Waals surface area contributed by atoms with Crippen LogP contribution in [0.5, 0.6) is 0 Å². The number of hydrogen-bond donors (Lipinski definition) is 1. The quantitative estimate of drug-likeness (QED) is 0.749. The molecule has 2 aliphatic rings. The third-order valence-electron chi connectivity index (χ3n) is 5.65. The molecule has 0 spiro atoms. The van der Waals surface area contributed by atoms with Crippen LogP contribution >= 0.6 is 0 Å². The smallest absolute Gasteiger partial charge is 0.238 e. The normalized spacial score (nSPS) is 25.1. The minimum Gasteiger partial charge on any atom is -0.353 e. The molecular weight excluding hydrogens is 326 g/mol. The first kappa shape index (κ1) is 19.7. The molecule has 1 heterocycles. The molecule has 1 saturated heterocycles. The summed E-state index contributed by atoms with van der Waals surface area (Å²) in [7, 11) is 0.797. The van der Waals surface area contributed by atoms with Crippen LogP contribution in [0.2, 0.25) is 0 Å². The zero-order valence-corrected chi connectivity index (χ0v) is 16.2. The predicted molar refractivity (Wildman–Crippen MR) is 96.3 cm³/mol. The van der Waals surface area contributed by atoms with Crippen LogP contribution in [0.4, 0.5) is 0 Å². The monoisotopic (exact) mass is 359 g/mol. The van der Waals surface area contributed by atoms with Crippen LogP contribution in [0.1, 0.15) is 58.3 Å². The number of sulfonamides is 1. The maximum Gasteiger partial charge on any atom is 0.238 e. The molecule has 2 fully saturated rings.